The summed E-state index contributed by atoms with van der Waals surface area (Å²) in [5.41, 5.74) is 0.309. The molecule has 0 radical (unpaired) electrons. The first-order valence-electron chi connectivity index (χ1n) is 7.13. The van der Waals surface area contributed by atoms with E-state index in [1.54, 1.807) is 18.2 Å². The number of fused-ring (bicyclic) bond motifs is 1. The number of methoxy groups -OCH3 is 2. The molecule has 0 aliphatic heterocycles. The summed E-state index contributed by atoms with van der Waals surface area (Å²) in [5, 5.41) is 21.2. The van der Waals surface area contributed by atoms with Crippen molar-refractivity contribution in [3.8, 4) is 23.0 Å². The number of aromatic hydroxyl groups is 2. The van der Waals surface area contributed by atoms with Gasteiger partial charge >= 0.3 is 0 Å². The lowest BCUT2D eigenvalue weighted by Crippen LogP contribution is -2.05. The molecule has 0 bridgehead atoms. The fourth-order valence-corrected chi connectivity index (χ4v) is 2.54. The number of ketones is 1. The van der Waals surface area contributed by atoms with E-state index in [0.29, 0.717) is 10.8 Å². The fraction of sp³-hybridized carbons (Fsp3) is 0.111. The number of hydrogen-bond donors (Lipinski definition) is 2. The van der Waals surface area contributed by atoms with Crippen LogP contribution in [-0.4, -0.2) is 35.2 Å². The molecular formula is C18H15NO5. The number of ether oxygens (including phenoxy) is 2. The van der Waals surface area contributed by atoms with Crippen molar-refractivity contribution in [2.24, 2.45) is 0 Å². The van der Waals surface area contributed by atoms with Gasteiger partial charge in [0.05, 0.1) is 19.6 Å². The zero-order valence-electron chi connectivity index (χ0n) is 13.1. The number of rotatable bonds is 4. The summed E-state index contributed by atoms with van der Waals surface area (Å²) in [6.07, 6.45) is 1.49. The lowest BCUT2D eigenvalue weighted by atomic mass is 10.0. The molecule has 3 aromatic rings. The van der Waals surface area contributed by atoms with Crippen LogP contribution in [-0.2, 0) is 0 Å². The number of hydrogen-bond acceptors (Lipinski definition) is 6. The first-order valence-corrected chi connectivity index (χ1v) is 7.13. The van der Waals surface area contributed by atoms with Gasteiger partial charge in [-0.15, -0.1) is 0 Å². The van der Waals surface area contributed by atoms with Crippen LogP contribution in [0.5, 0.6) is 23.0 Å². The number of carbonyl (C=O) groups is 1. The van der Waals surface area contributed by atoms with E-state index >= 15 is 0 Å². The Balaban J connectivity index is 2.18. The van der Waals surface area contributed by atoms with Crippen molar-refractivity contribution < 1.29 is 24.5 Å². The predicted molar refractivity (Wildman–Crippen MR) is 88.1 cm³/mol. The zero-order valence-corrected chi connectivity index (χ0v) is 13.1. The maximum Gasteiger partial charge on any atom is 0.212 e. The third-order valence-electron chi connectivity index (χ3n) is 3.74. The lowest BCUT2D eigenvalue weighted by Gasteiger charge is -2.10. The molecule has 6 heteroatoms. The molecule has 0 amide bonds. The second kappa shape index (κ2) is 6.08. The smallest absolute Gasteiger partial charge is 0.212 e. The zero-order chi connectivity index (χ0) is 17.3. The molecule has 0 fully saturated rings. The molecular weight excluding hydrogens is 310 g/mol. The first kappa shape index (κ1) is 15.6. The average molecular weight is 325 g/mol. The van der Waals surface area contributed by atoms with Gasteiger partial charge in [-0.2, -0.15) is 0 Å². The van der Waals surface area contributed by atoms with Gasteiger partial charge in [-0.3, -0.25) is 9.78 Å². The van der Waals surface area contributed by atoms with Gasteiger partial charge in [-0.05, 0) is 35.7 Å². The maximum absolute atomic E-state index is 12.8. The molecule has 0 spiro atoms. The molecule has 0 atom stereocenters. The van der Waals surface area contributed by atoms with Crippen molar-refractivity contribution in [3.05, 3.63) is 53.9 Å². The van der Waals surface area contributed by atoms with Crippen LogP contribution in [0.3, 0.4) is 0 Å². The van der Waals surface area contributed by atoms with Gasteiger partial charge in [0, 0.05) is 11.8 Å². The summed E-state index contributed by atoms with van der Waals surface area (Å²) in [4.78, 5) is 16.9. The monoisotopic (exact) mass is 325 g/mol. The van der Waals surface area contributed by atoms with E-state index in [4.69, 9.17) is 9.47 Å². The molecule has 0 saturated heterocycles. The molecule has 2 N–H and O–H groups in total. The van der Waals surface area contributed by atoms with Crippen LogP contribution in [0.4, 0.5) is 0 Å². The number of pyridine rings is 1. The van der Waals surface area contributed by atoms with Gasteiger partial charge in [-0.25, -0.2) is 0 Å². The summed E-state index contributed by atoms with van der Waals surface area (Å²) in [5.74, 6) is -0.208. The Kier molecular flexibility index (Phi) is 3.95. The molecule has 2 aromatic carbocycles. The van der Waals surface area contributed by atoms with Crippen molar-refractivity contribution >= 4 is 16.6 Å². The molecule has 24 heavy (non-hydrogen) atoms. The average Bonchev–Trinajstić information content (AvgIpc) is 2.61. The minimum absolute atomic E-state index is 0.0773. The van der Waals surface area contributed by atoms with Crippen molar-refractivity contribution in [1.82, 2.24) is 4.98 Å². The van der Waals surface area contributed by atoms with Gasteiger partial charge in [0.1, 0.15) is 5.69 Å². The van der Waals surface area contributed by atoms with Crippen LogP contribution in [0.15, 0.2) is 42.6 Å². The van der Waals surface area contributed by atoms with E-state index in [1.807, 2.05) is 0 Å². The Morgan fingerprint density at radius 3 is 2.38 bits per heavy atom. The van der Waals surface area contributed by atoms with E-state index in [0.717, 1.165) is 0 Å². The lowest BCUT2D eigenvalue weighted by molar-refractivity contribution is 0.103. The summed E-state index contributed by atoms with van der Waals surface area (Å²) in [7, 11) is 2.85. The van der Waals surface area contributed by atoms with E-state index in [-0.39, 0.29) is 34.3 Å². The third-order valence-corrected chi connectivity index (χ3v) is 3.74. The number of carbonyl (C=O) groups excluding carboxylic acids is 1. The molecule has 0 aliphatic carbocycles. The van der Waals surface area contributed by atoms with E-state index in [1.165, 1.54) is 38.6 Å². The standard InChI is InChI=1S/C18H15NO5/c1-23-13-5-4-11(9-12(13)20)17(21)16-15-10(7-8-19-16)3-6-14(24-2)18(15)22/h3-9,20,22H,1-2H3. The Morgan fingerprint density at radius 1 is 1.00 bits per heavy atom. The van der Waals surface area contributed by atoms with Gasteiger partial charge in [0.25, 0.3) is 0 Å². The normalized spacial score (nSPS) is 10.6. The van der Waals surface area contributed by atoms with Crippen molar-refractivity contribution in [3.63, 3.8) is 0 Å². The highest BCUT2D eigenvalue weighted by Gasteiger charge is 2.20. The van der Waals surface area contributed by atoms with Crippen LogP contribution < -0.4 is 9.47 Å². The van der Waals surface area contributed by atoms with Gasteiger partial charge in [0.2, 0.25) is 5.78 Å². The topological polar surface area (TPSA) is 88.9 Å². The fourth-order valence-electron chi connectivity index (χ4n) is 2.54. The summed E-state index contributed by atoms with van der Waals surface area (Å²) < 4.78 is 10.1. The molecule has 0 saturated carbocycles. The molecule has 0 aliphatic rings. The molecule has 6 nitrogen and oxygen atoms in total. The number of benzene rings is 2. The van der Waals surface area contributed by atoms with Crippen molar-refractivity contribution in [1.29, 1.82) is 0 Å². The van der Waals surface area contributed by atoms with Crippen LogP contribution >= 0.6 is 0 Å². The highest BCUT2D eigenvalue weighted by molar-refractivity contribution is 6.16. The summed E-state index contributed by atoms with van der Waals surface area (Å²) in [6.45, 7) is 0. The predicted octanol–water partition coefficient (Wildman–Crippen LogP) is 2.89. The Bertz CT molecular complexity index is 936. The van der Waals surface area contributed by atoms with Gasteiger partial charge in [-0.1, -0.05) is 6.07 Å². The summed E-state index contributed by atoms with van der Waals surface area (Å²) >= 11 is 0. The molecule has 0 unspecified atom stereocenters. The Hall–Kier alpha value is -3.28. The van der Waals surface area contributed by atoms with Crippen molar-refractivity contribution in [2.75, 3.05) is 14.2 Å². The van der Waals surface area contributed by atoms with Crippen molar-refractivity contribution in [2.45, 2.75) is 0 Å². The SMILES string of the molecule is COc1ccc(C(=O)c2nccc3ccc(OC)c(O)c23)cc1O. The van der Waals surface area contributed by atoms with Crippen LogP contribution in [0.25, 0.3) is 10.8 Å². The Labute approximate surface area is 137 Å². The minimum atomic E-state index is -0.429. The largest absolute Gasteiger partial charge is 0.504 e. The quantitative estimate of drug-likeness (QED) is 0.717. The maximum atomic E-state index is 12.8. The first-order chi connectivity index (χ1) is 11.6. The minimum Gasteiger partial charge on any atom is -0.504 e. The van der Waals surface area contributed by atoms with Crippen LogP contribution in [0, 0.1) is 0 Å². The number of phenols is 2. The highest BCUT2D eigenvalue weighted by atomic mass is 16.5. The number of phenolic OH excluding ortho intramolecular Hbond substituents is 2. The van der Waals surface area contributed by atoms with Crippen LogP contribution in [0.1, 0.15) is 16.1 Å². The Morgan fingerprint density at radius 2 is 1.71 bits per heavy atom. The van der Waals surface area contributed by atoms with E-state index in [9.17, 15) is 15.0 Å². The number of nitrogens with zero attached hydrogens (tertiary/aromatic N) is 1. The second-order valence-corrected chi connectivity index (χ2v) is 5.09. The molecule has 1 aromatic heterocycles. The van der Waals surface area contributed by atoms with Gasteiger partial charge < -0.3 is 19.7 Å². The molecule has 3 rings (SSSR count). The molecule has 122 valence electrons. The third kappa shape index (κ3) is 2.48. The summed E-state index contributed by atoms with van der Waals surface area (Å²) in [6, 6.07) is 9.37. The van der Waals surface area contributed by atoms with E-state index in [2.05, 4.69) is 4.98 Å². The van der Waals surface area contributed by atoms with Crippen LogP contribution in [0.2, 0.25) is 0 Å². The molecule has 1 heterocycles. The highest BCUT2D eigenvalue weighted by Crippen LogP contribution is 2.36. The van der Waals surface area contributed by atoms with E-state index < -0.39 is 5.78 Å². The van der Waals surface area contributed by atoms with Gasteiger partial charge in [0.15, 0.2) is 23.0 Å². The number of aromatic nitrogens is 1. The second-order valence-electron chi connectivity index (χ2n) is 5.09.